The normalized spacial score (nSPS) is 10.8. The van der Waals surface area contributed by atoms with Gasteiger partial charge in [-0.2, -0.15) is 5.10 Å². The standard InChI is InChI=1S/C24H20N4O/c1-29-23-15-9-8-14-20(23)17-25-28-24-26-21(18-10-4-2-5-11-18)16-22(27-24)19-12-6-3-7-13-19/h2-17H,1H3,(H,26,27,28)/b25-17-. The van der Waals surface area contributed by atoms with E-state index in [-0.39, 0.29) is 0 Å². The lowest BCUT2D eigenvalue weighted by Gasteiger charge is -2.08. The highest BCUT2D eigenvalue weighted by atomic mass is 16.5. The van der Waals surface area contributed by atoms with E-state index in [4.69, 9.17) is 4.74 Å². The van der Waals surface area contributed by atoms with E-state index < -0.39 is 0 Å². The minimum atomic E-state index is 0.427. The first-order valence-electron chi connectivity index (χ1n) is 9.25. The number of nitrogens with zero attached hydrogens (tertiary/aromatic N) is 3. The number of hydrogen-bond acceptors (Lipinski definition) is 5. The van der Waals surface area contributed by atoms with Crippen molar-refractivity contribution in [1.82, 2.24) is 9.97 Å². The maximum atomic E-state index is 5.35. The zero-order valence-corrected chi connectivity index (χ0v) is 16.0. The molecule has 4 rings (SSSR count). The van der Waals surface area contributed by atoms with Crippen molar-refractivity contribution in [2.75, 3.05) is 12.5 Å². The first-order valence-corrected chi connectivity index (χ1v) is 9.25. The zero-order valence-electron chi connectivity index (χ0n) is 16.0. The van der Waals surface area contributed by atoms with E-state index >= 15 is 0 Å². The van der Waals surface area contributed by atoms with E-state index in [1.807, 2.05) is 91.0 Å². The molecular formula is C24H20N4O. The van der Waals surface area contributed by atoms with Gasteiger partial charge in [-0.05, 0) is 18.2 Å². The molecule has 0 atom stereocenters. The highest BCUT2D eigenvalue weighted by molar-refractivity contribution is 5.84. The summed E-state index contributed by atoms with van der Waals surface area (Å²) in [5, 5.41) is 4.31. The Morgan fingerprint density at radius 2 is 1.31 bits per heavy atom. The van der Waals surface area contributed by atoms with Crippen LogP contribution in [0.1, 0.15) is 5.56 Å². The molecule has 0 aliphatic rings. The Labute approximate surface area is 169 Å². The van der Waals surface area contributed by atoms with Crippen molar-refractivity contribution in [2.24, 2.45) is 5.10 Å². The van der Waals surface area contributed by atoms with Crippen molar-refractivity contribution < 1.29 is 4.74 Å². The molecule has 1 N–H and O–H groups in total. The predicted molar refractivity (Wildman–Crippen MR) is 117 cm³/mol. The highest BCUT2D eigenvalue weighted by Gasteiger charge is 2.08. The maximum absolute atomic E-state index is 5.35. The van der Waals surface area contributed by atoms with E-state index in [9.17, 15) is 0 Å². The van der Waals surface area contributed by atoms with Gasteiger partial charge in [-0.3, -0.25) is 0 Å². The minimum absolute atomic E-state index is 0.427. The molecule has 0 bridgehead atoms. The third-order valence-electron chi connectivity index (χ3n) is 4.37. The Morgan fingerprint density at radius 3 is 1.90 bits per heavy atom. The summed E-state index contributed by atoms with van der Waals surface area (Å²) >= 11 is 0. The lowest BCUT2D eigenvalue weighted by molar-refractivity contribution is 0.414. The summed E-state index contributed by atoms with van der Waals surface area (Å²) in [6.07, 6.45) is 1.69. The molecule has 5 heteroatoms. The van der Waals surface area contributed by atoms with Crippen LogP contribution in [0.25, 0.3) is 22.5 Å². The van der Waals surface area contributed by atoms with Crippen molar-refractivity contribution in [3.05, 3.63) is 96.6 Å². The molecule has 0 spiro atoms. The van der Waals surface area contributed by atoms with Gasteiger partial charge in [0.1, 0.15) is 5.75 Å². The maximum Gasteiger partial charge on any atom is 0.244 e. The van der Waals surface area contributed by atoms with Gasteiger partial charge in [0, 0.05) is 16.7 Å². The molecule has 142 valence electrons. The van der Waals surface area contributed by atoms with Crippen LogP contribution in [0.5, 0.6) is 5.75 Å². The van der Waals surface area contributed by atoms with E-state index in [0.717, 1.165) is 33.8 Å². The fourth-order valence-corrected chi connectivity index (χ4v) is 2.94. The number of benzene rings is 3. The summed E-state index contributed by atoms with van der Waals surface area (Å²) in [4.78, 5) is 9.27. The number of ether oxygens (including phenoxy) is 1. The molecule has 1 aromatic heterocycles. The fraction of sp³-hybridized carbons (Fsp3) is 0.0417. The topological polar surface area (TPSA) is 59.4 Å². The summed E-state index contributed by atoms with van der Waals surface area (Å²) < 4.78 is 5.35. The van der Waals surface area contributed by atoms with Crippen LogP contribution in [0, 0.1) is 0 Å². The van der Waals surface area contributed by atoms with Crippen LogP contribution in [-0.2, 0) is 0 Å². The van der Waals surface area contributed by atoms with Crippen LogP contribution < -0.4 is 10.2 Å². The Hall–Kier alpha value is -3.99. The number of anilines is 1. The second-order valence-electron chi connectivity index (χ2n) is 6.31. The monoisotopic (exact) mass is 380 g/mol. The van der Waals surface area contributed by atoms with E-state index in [1.165, 1.54) is 0 Å². The van der Waals surface area contributed by atoms with Gasteiger partial charge in [0.15, 0.2) is 0 Å². The van der Waals surface area contributed by atoms with Crippen molar-refractivity contribution in [1.29, 1.82) is 0 Å². The summed E-state index contributed by atoms with van der Waals surface area (Å²) in [6.45, 7) is 0. The quantitative estimate of drug-likeness (QED) is 0.366. The smallest absolute Gasteiger partial charge is 0.244 e. The molecule has 0 amide bonds. The van der Waals surface area contributed by atoms with E-state index in [2.05, 4.69) is 20.5 Å². The lowest BCUT2D eigenvalue weighted by atomic mass is 10.1. The predicted octanol–water partition coefficient (Wildman–Crippen LogP) is 5.27. The average molecular weight is 380 g/mol. The van der Waals surface area contributed by atoms with Gasteiger partial charge in [-0.25, -0.2) is 15.4 Å². The first kappa shape index (κ1) is 18.4. The van der Waals surface area contributed by atoms with Crippen molar-refractivity contribution in [2.45, 2.75) is 0 Å². The van der Waals surface area contributed by atoms with Crippen LogP contribution in [-0.4, -0.2) is 23.3 Å². The molecule has 3 aromatic carbocycles. The molecule has 0 aliphatic heterocycles. The molecule has 0 fully saturated rings. The summed E-state index contributed by atoms with van der Waals surface area (Å²) in [7, 11) is 1.64. The van der Waals surface area contributed by atoms with Crippen molar-refractivity contribution in [3.63, 3.8) is 0 Å². The van der Waals surface area contributed by atoms with Gasteiger partial charge in [-0.15, -0.1) is 0 Å². The zero-order chi connectivity index (χ0) is 19.9. The number of nitrogens with one attached hydrogen (secondary N) is 1. The van der Waals surface area contributed by atoms with Crippen LogP contribution in [0.2, 0.25) is 0 Å². The molecule has 29 heavy (non-hydrogen) atoms. The summed E-state index contributed by atoms with van der Waals surface area (Å²) in [6, 6.07) is 29.7. The van der Waals surface area contributed by atoms with E-state index in [1.54, 1.807) is 13.3 Å². The van der Waals surface area contributed by atoms with Gasteiger partial charge in [0.25, 0.3) is 0 Å². The number of aromatic nitrogens is 2. The lowest BCUT2D eigenvalue weighted by Crippen LogP contribution is -2.00. The van der Waals surface area contributed by atoms with Gasteiger partial charge < -0.3 is 4.74 Å². The van der Waals surface area contributed by atoms with Crippen LogP contribution in [0.3, 0.4) is 0 Å². The van der Waals surface area contributed by atoms with Crippen LogP contribution in [0.15, 0.2) is 96.1 Å². The van der Waals surface area contributed by atoms with Crippen LogP contribution in [0.4, 0.5) is 5.95 Å². The number of rotatable bonds is 6. The Balaban J connectivity index is 1.68. The minimum Gasteiger partial charge on any atom is -0.496 e. The van der Waals surface area contributed by atoms with Gasteiger partial charge >= 0.3 is 0 Å². The second-order valence-corrected chi connectivity index (χ2v) is 6.31. The second kappa shape index (κ2) is 8.80. The Bertz CT molecular complexity index is 1050. The number of para-hydroxylation sites is 1. The molecule has 0 unspecified atom stereocenters. The van der Waals surface area contributed by atoms with Gasteiger partial charge in [0.2, 0.25) is 5.95 Å². The molecule has 5 nitrogen and oxygen atoms in total. The molecule has 0 saturated heterocycles. The third kappa shape index (κ3) is 4.47. The number of methoxy groups -OCH3 is 1. The summed E-state index contributed by atoms with van der Waals surface area (Å²) in [5.41, 5.74) is 7.51. The van der Waals surface area contributed by atoms with Crippen molar-refractivity contribution >= 4 is 12.2 Å². The number of hydrazone groups is 1. The van der Waals surface area contributed by atoms with Crippen LogP contribution >= 0.6 is 0 Å². The van der Waals surface area contributed by atoms with E-state index in [0.29, 0.717) is 5.95 Å². The van der Waals surface area contributed by atoms with Gasteiger partial charge in [-0.1, -0.05) is 72.8 Å². The number of hydrogen-bond donors (Lipinski definition) is 1. The first-order chi connectivity index (χ1) is 14.3. The fourth-order valence-electron chi connectivity index (χ4n) is 2.94. The highest BCUT2D eigenvalue weighted by Crippen LogP contribution is 2.25. The molecule has 0 aliphatic carbocycles. The summed E-state index contributed by atoms with van der Waals surface area (Å²) in [5.74, 6) is 1.18. The Kier molecular flexibility index (Phi) is 5.58. The molecule has 0 saturated carbocycles. The molecular weight excluding hydrogens is 360 g/mol. The Morgan fingerprint density at radius 1 is 0.759 bits per heavy atom. The third-order valence-corrected chi connectivity index (χ3v) is 4.37. The average Bonchev–Trinajstić information content (AvgIpc) is 2.80. The SMILES string of the molecule is COc1ccccc1/C=N\Nc1nc(-c2ccccc2)cc(-c2ccccc2)n1. The van der Waals surface area contributed by atoms with Crippen molar-refractivity contribution in [3.8, 4) is 28.3 Å². The van der Waals surface area contributed by atoms with Gasteiger partial charge in [0.05, 0.1) is 24.7 Å². The molecule has 1 heterocycles. The molecule has 4 aromatic rings. The largest absolute Gasteiger partial charge is 0.496 e. The molecule has 0 radical (unpaired) electrons.